The fourth-order valence-electron chi connectivity index (χ4n) is 4.89. The van der Waals surface area contributed by atoms with Crippen LogP contribution in [0, 0.1) is 5.92 Å². The Kier molecular flexibility index (Phi) is 9.07. The zero-order valence-corrected chi connectivity index (χ0v) is 23.9. The molecule has 5 heteroatoms. The van der Waals surface area contributed by atoms with Crippen molar-refractivity contribution in [3.8, 4) is 11.5 Å². The molecule has 0 aromatic heterocycles. The van der Waals surface area contributed by atoms with E-state index in [0.717, 1.165) is 23.7 Å². The molecule has 0 aliphatic carbocycles. The normalized spacial score (nSPS) is 19.4. The second-order valence-corrected chi connectivity index (χ2v) is 13.6. The third kappa shape index (κ3) is 7.18. The van der Waals surface area contributed by atoms with Gasteiger partial charge in [0, 0.05) is 16.4 Å². The zero-order valence-electron chi connectivity index (χ0n) is 23.1. The van der Waals surface area contributed by atoms with E-state index in [1.165, 1.54) is 44.2 Å². The van der Waals surface area contributed by atoms with Crippen molar-refractivity contribution in [2.24, 2.45) is 5.92 Å². The van der Waals surface area contributed by atoms with Crippen LogP contribution in [0.15, 0.2) is 36.4 Å². The van der Waals surface area contributed by atoms with E-state index in [1.54, 1.807) is 12.1 Å². The van der Waals surface area contributed by atoms with Crippen molar-refractivity contribution in [1.82, 2.24) is 0 Å². The van der Waals surface area contributed by atoms with Crippen LogP contribution in [0.5, 0.6) is 11.5 Å². The third-order valence-electron chi connectivity index (χ3n) is 7.15. The Bertz CT molecular complexity index is 960. The number of thioether (sulfide) groups is 1. The van der Waals surface area contributed by atoms with Crippen LogP contribution in [0.3, 0.4) is 0 Å². The van der Waals surface area contributed by atoms with Crippen LogP contribution in [-0.2, 0) is 16.9 Å². The predicted molar refractivity (Wildman–Crippen MR) is 149 cm³/mol. The van der Waals surface area contributed by atoms with E-state index in [-0.39, 0.29) is 17.1 Å². The van der Waals surface area contributed by atoms with Crippen LogP contribution >= 0.6 is 11.8 Å². The summed E-state index contributed by atoms with van der Waals surface area (Å²) in [5, 5.41) is 11.3. The summed E-state index contributed by atoms with van der Waals surface area (Å²) in [6.45, 7) is 13.9. The highest BCUT2D eigenvalue weighted by Gasteiger charge is 2.36. The van der Waals surface area contributed by atoms with Crippen molar-refractivity contribution in [2.75, 3.05) is 5.75 Å². The Labute approximate surface area is 221 Å². The second kappa shape index (κ2) is 11.3. The van der Waals surface area contributed by atoms with Crippen LogP contribution in [0.1, 0.15) is 114 Å². The fraction of sp³-hybridized carbons (Fsp3) is 0.613. The molecule has 0 spiro atoms. The van der Waals surface area contributed by atoms with Gasteiger partial charge in [-0.25, -0.2) is 0 Å². The van der Waals surface area contributed by atoms with Crippen LogP contribution in [0.4, 0.5) is 8.78 Å². The van der Waals surface area contributed by atoms with Gasteiger partial charge in [-0.05, 0) is 71.6 Å². The van der Waals surface area contributed by atoms with Gasteiger partial charge in [-0.2, -0.15) is 20.5 Å². The first-order valence-corrected chi connectivity index (χ1v) is 14.4. The van der Waals surface area contributed by atoms with Gasteiger partial charge in [-0.1, -0.05) is 79.9 Å². The molecular formula is C31H44F2O2S. The van der Waals surface area contributed by atoms with E-state index in [9.17, 15) is 5.11 Å². The SMILES string of the molecule is CCCCCC1CCC(c2ccc(C(F)(F)Oc3cc(C(C)(C)C)c(O)c(C(C)(C)C)c3)cc2)SC1. The Morgan fingerprint density at radius 1 is 0.917 bits per heavy atom. The Hall–Kier alpha value is -1.75. The predicted octanol–water partition coefficient (Wildman–Crippen LogP) is 9.88. The maximum absolute atomic E-state index is 15.3. The molecular weight excluding hydrogens is 474 g/mol. The van der Waals surface area contributed by atoms with Crippen LogP contribution in [0.25, 0.3) is 0 Å². The number of rotatable bonds is 8. The zero-order chi connectivity index (χ0) is 26.7. The standard InChI is InChI=1S/C31H44F2O2S/c1-8-9-10-11-21-12-17-27(36-20-21)22-13-15-23(16-14-22)31(32,33)35-24-18-25(29(2,3)4)28(34)26(19-24)30(5,6)7/h13-16,18-19,21,27,34H,8-12,17,20H2,1-7H3. The average Bonchev–Trinajstić information content (AvgIpc) is 2.79. The number of phenols is 1. The van der Waals surface area contributed by atoms with Crippen molar-refractivity contribution < 1.29 is 18.6 Å². The lowest BCUT2D eigenvalue weighted by Crippen LogP contribution is -2.23. The number of halogens is 2. The van der Waals surface area contributed by atoms with Crippen molar-refractivity contribution in [1.29, 1.82) is 0 Å². The first-order valence-electron chi connectivity index (χ1n) is 13.4. The van der Waals surface area contributed by atoms with Gasteiger partial charge in [0.1, 0.15) is 11.5 Å². The van der Waals surface area contributed by atoms with Gasteiger partial charge >= 0.3 is 6.11 Å². The second-order valence-electron chi connectivity index (χ2n) is 12.4. The molecule has 2 aromatic rings. The first-order chi connectivity index (χ1) is 16.7. The lowest BCUT2D eigenvalue weighted by atomic mass is 9.79. The Morgan fingerprint density at radius 2 is 1.50 bits per heavy atom. The minimum atomic E-state index is -3.48. The molecule has 36 heavy (non-hydrogen) atoms. The molecule has 1 saturated heterocycles. The molecule has 1 aliphatic heterocycles. The monoisotopic (exact) mass is 518 g/mol. The fourth-order valence-corrected chi connectivity index (χ4v) is 6.38. The summed E-state index contributed by atoms with van der Waals surface area (Å²) in [6.07, 6.45) is 4.02. The number of unbranched alkanes of at least 4 members (excludes halogenated alkanes) is 2. The van der Waals surface area contributed by atoms with Crippen molar-refractivity contribution in [3.05, 3.63) is 58.7 Å². The molecule has 2 nitrogen and oxygen atoms in total. The molecule has 1 heterocycles. The van der Waals surface area contributed by atoms with Gasteiger partial charge in [0.15, 0.2) is 0 Å². The molecule has 0 saturated carbocycles. The van der Waals surface area contributed by atoms with Crippen LogP contribution in [-0.4, -0.2) is 10.9 Å². The summed E-state index contributed by atoms with van der Waals surface area (Å²) < 4.78 is 35.9. The molecule has 2 atom stereocenters. The molecule has 0 bridgehead atoms. The number of hydrogen-bond acceptors (Lipinski definition) is 3. The Morgan fingerprint density at radius 3 is 1.97 bits per heavy atom. The van der Waals surface area contributed by atoms with Crippen LogP contribution in [0.2, 0.25) is 0 Å². The van der Waals surface area contributed by atoms with Crippen molar-refractivity contribution in [3.63, 3.8) is 0 Å². The molecule has 200 valence electrons. The average molecular weight is 519 g/mol. The summed E-state index contributed by atoms with van der Waals surface area (Å²) in [5.41, 5.74) is 1.30. The van der Waals surface area contributed by atoms with Gasteiger partial charge in [-0.3, -0.25) is 0 Å². The van der Waals surface area contributed by atoms with Crippen molar-refractivity contribution in [2.45, 2.75) is 109 Å². The Balaban J connectivity index is 1.75. The van der Waals surface area contributed by atoms with Gasteiger partial charge in [-0.15, -0.1) is 0 Å². The highest BCUT2D eigenvalue weighted by Crippen LogP contribution is 2.45. The summed E-state index contributed by atoms with van der Waals surface area (Å²) in [7, 11) is 0. The van der Waals surface area contributed by atoms with E-state index in [0.29, 0.717) is 16.4 Å². The van der Waals surface area contributed by atoms with Gasteiger partial charge < -0.3 is 9.84 Å². The smallest absolute Gasteiger partial charge is 0.426 e. The largest absolute Gasteiger partial charge is 0.507 e. The quantitative estimate of drug-likeness (QED) is 0.353. The summed E-state index contributed by atoms with van der Waals surface area (Å²) >= 11 is 1.97. The minimum Gasteiger partial charge on any atom is -0.507 e. The topological polar surface area (TPSA) is 29.5 Å². The maximum atomic E-state index is 15.3. The van der Waals surface area contributed by atoms with Gasteiger partial charge in [0.2, 0.25) is 0 Å². The van der Waals surface area contributed by atoms with Crippen LogP contribution < -0.4 is 4.74 Å². The number of aromatic hydroxyl groups is 1. The molecule has 2 unspecified atom stereocenters. The molecule has 1 aliphatic rings. The maximum Gasteiger partial charge on any atom is 0.426 e. The highest BCUT2D eigenvalue weighted by molar-refractivity contribution is 7.99. The number of benzene rings is 2. The van der Waals surface area contributed by atoms with Gasteiger partial charge in [0.05, 0.1) is 5.56 Å². The van der Waals surface area contributed by atoms with E-state index in [4.69, 9.17) is 4.74 Å². The third-order valence-corrected chi connectivity index (χ3v) is 8.72. The summed E-state index contributed by atoms with van der Waals surface area (Å²) in [6, 6.07) is 9.75. The molecule has 0 radical (unpaired) electrons. The molecule has 1 fully saturated rings. The number of phenolic OH excluding ortho intramolecular Hbond substituents is 1. The van der Waals surface area contributed by atoms with Crippen molar-refractivity contribution >= 4 is 11.8 Å². The summed E-state index contributed by atoms with van der Waals surface area (Å²) in [4.78, 5) is 0. The molecule has 0 amide bonds. The highest BCUT2D eigenvalue weighted by atomic mass is 32.2. The first kappa shape index (κ1) is 28.8. The van der Waals surface area contributed by atoms with Gasteiger partial charge in [0.25, 0.3) is 0 Å². The van der Waals surface area contributed by atoms with E-state index in [2.05, 4.69) is 6.92 Å². The number of alkyl halides is 2. The molecule has 3 rings (SSSR count). The lowest BCUT2D eigenvalue weighted by Gasteiger charge is -2.29. The number of ether oxygens (including phenoxy) is 1. The van der Waals surface area contributed by atoms with E-state index >= 15 is 8.78 Å². The molecule has 1 N–H and O–H groups in total. The van der Waals surface area contributed by atoms with E-state index < -0.39 is 16.9 Å². The van der Waals surface area contributed by atoms with E-state index in [1.807, 2.05) is 65.4 Å². The minimum absolute atomic E-state index is 0.0636. The number of hydrogen-bond donors (Lipinski definition) is 1. The lowest BCUT2D eigenvalue weighted by molar-refractivity contribution is -0.185. The summed E-state index contributed by atoms with van der Waals surface area (Å²) in [5.74, 6) is 2.15. The molecule has 2 aromatic carbocycles.